The molecule has 5 rings (SSSR count). The van der Waals surface area contributed by atoms with Crippen molar-refractivity contribution in [2.45, 2.75) is 38.3 Å². The molecule has 1 N–H and O–H groups in total. The van der Waals surface area contributed by atoms with Crippen molar-refractivity contribution < 1.29 is 14.4 Å². The number of nitrogens with one attached hydrogen (secondary N) is 1. The van der Waals surface area contributed by atoms with Crippen LogP contribution >= 0.6 is 0 Å². The SMILES string of the molecule is CN1C(=O)[C@@]2(C)[C@@](C)(C1=O)[C@H]1CCCN1[C@]21C(=O)Nc2ccccc21. The Morgan fingerprint density at radius 2 is 1.84 bits per heavy atom. The Morgan fingerprint density at radius 3 is 2.60 bits per heavy atom. The molecule has 4 aliphatic heterocycles. The number of para-hydroxylation sites is 1. The predicted octanol–water partition coefficient (Wildman–Crippen LogP) is 1.32. The zero-order chi connectivity index (χ0) is 17.8. The van der Waals surface area contributed by atoms with E-state index in [-0.39, 0.29) is 23.8 Å². The Kier molecular flexibility index (Phi) is 2.49. The molecular weight excluding hydrogens is 318 g/mol. The van der Waals surface area contributed by atoms with Crippen LogP contribution in [-0.4, -0.2) is 47.2 Å². The maximum atomic E-state index is 13.4. The highest BCUT2D eigenvalue weighted by Crippen LogP contribution is 2.71. The Labute approximate surface area is 146 Å². The lowest BCUT2D eigenvalue weighted by Gasteiger charge is -2.42. The minimum absolute atomic E-state index is 0.101. The molecule has 0 unspecified atom stereocenters. The molecule has 25 heavy (non-hydrogen) atoms. The van der Waals surface area contributed by atoms with Crippen LogP contribution in [0.15, 0.2) is 24.3 Å². The number of likely N-dealkylation sites (tertiary alicyclic amines) is 1. The normalized spacial score (nSPS) is 42.1. The van der Waals surface area contributed by atoms with Gasteiger partial charge in [0.05, 0.1) is 10.8 Å². The first-order chi connectivity index (χ1) is 11.8. The van der Waals surface area contributed by atoms with Crippen LogP contribution in [0.2, 0.25) is 0 Å². The molecule has 0 saturated carbocycles. The van der Waals surface area contributed by atoms with Gasteiger partial charge < -0.3 is 5.32 Å². The summed E-state index contributed by atoms with van der Waals surface area (Å²) in [6.45, 7) is 4.45. The molecule has 6 heteroatoms. The smallest absolute Gasteiger partial charge is 0.250 e. The fraction of sp³-hybridized carbons (Fsp3) is 0.526. The van der Waals surface area contributed by atoms with Crippen molar-refractivity contribution in [3.05, 3.63) is 29.8 Å². The summed E-state index contributed by atoms with van der Waals surface area (Å²) in [6, 6.07) is 7.47. The molecule has 1 aromatic carbocycles. The second kappa shape index (κ2) is 4.12. The molecule has 0 bridgehead atoms. The van der Waals surface area contributed by atoms with Gasteiger partial charge in [-0.3, -0.25) is 24.2 Å². The summed E-state index contributed by atoms with van der Waals surface area (Å²) < 4.78 is 0. The highest BCUT2D eigenvalue weighted by molar-refractivity contribution is 6.18. The van der Waals surface area contributed by atoms with Crippen molar-refractivity contribution in [2.75, 3.05) is 18.9 Å². The summed E-state index contributed by atoms with van der Waals surface area (Å²) in [7, 11) is 1.55. The Morgan fingerprint density at radius 1 is 1.12 bits per heavy atom. The number of anilines is 1. The van der Waals surface area contributed by atoms with Crippen molar-refractivity contribution in [3.8, 4) is 0 Å². The van der Waals surface area contributed by atoms with Crippen molar-refractivity contribution >= 4 is 23.4 Å². The van der Waals surface area contributed by atoms with E-state index in [0.29, 0.717) is 0 Å². The van der Waals surface area contributed by atoms with Crippen LogP contribution in [0.25, 0.3) is 0 Å². The molecule has 4 aliphatic rings. The maximum Gasteiger partial charge on any atom is 0.250 e. The van der Waals surface area contributed by atoms with Gasteiger partial charge in [0.2, 0.25) is 11.8 Å². The number of amides is 3. The van der Waals surface area contributed by atoms with Gasteiger partial charge in [0, 0.05) is 24.3 Å². The zero-order valence-corrected chi connectivity index (χ0v) is 14.6. The van der Waals surface area contributed by atoms with E-state index in [0.717, 1.165) is 30.6 Å². The lowest BCUT2D eigenvalue weighted by atomic mass is 9.56. The van der Waals surface area contributed by atoms with Crippen LogP contribution in [-0.2, 0) is 19.9 Å². The van der Waals surface area contributed by atoms with Gasteiger partial charge in [0.1, 0.15) is 5.54 Å². The summed E-state index contributed by atoms with van der Waals surface area (Å²) in [4.78, 5) is 43.3. The van der Waals surface area contributed by atoms with E-state index in [1.54, 1.807) is 7.05 Å². The summed E-state index contributed by atoms with van der Waals surface area (Å²) in [5.74, 6) is -0.588. The van der Waals surface area contributed by atoms with Gasteiger partial charge in [-0.15, -0.1) is 0 Å². The topological polar surface area (TPSA) is 69.7 Å². The molecule has 6 nitrogen and oxygen atoms in total. The van der Waals surface area contributed by atoms with Crippen LogP contribution < -0.4 is 5.32 Å². The minimum Gasteiger partial charge on any atom is -0.324 e. The van der Waals surface area contributed by atoms with Gasteiger partial charge in [0.15, 0.2) is 0 Å². The molecule has 1 spiro atoms. The number of carbonyl (C=O) groups excluding carboxylic acids is 3. The van der Waals surface area contributed by atoms with Crippen LogP contribution in [0.5, 0.6) is 0 Å². The average Bonchev–Trinajstić information content (AvgIpc) is 3.26. The molecule has 0 aliphatic carbocycles. The maximum absolute atomic E-state index is 13.4. The Balaban J connectivity index is 1.91. The van der Waals surface area contributed by atoms with Gasteiger partial charge in [-0.2, -0.15) is 0 Å². The van der Waals surface area contributed by atoms with Crippen molar-refractivity contribution in [2.24, 2.45) is 10.8 Å². The summed E-state index contributed by atoms with van der Waals surface area (Å²) in [5, 5.41) is 2.99. The summed E-state index contributed by atoms with van der Waals surface area (Å²) in [5.41, 5.74) is -1.55. The molecule has 4 atom stereocenters. The molecular formula is C19H21N3O3. The van der Waals surface area contributed by atoms with Gasteiger partial charge >= 0.3 is 0 Å². The summed E-state index contributed by atoms with van der Waals surface area (Å²) >= 11 is 0. The Hall–Kier alpha value is -2.21. The highest BCUT2D eigenvalue weighted by atomic mass is 16.2. The van der Waals surface area contributed by atoms with Crippen molar-refractivity contribution in [1.29, 1.82) is 0 Å². The predicted molar refractivity (Wildman–Crippen MR) is 90.5 cm³/mol. The lowest BCUT2D eigenvalue weighted by molar-refractivity contribution is -0.149. The number of benzene rings is 1. The monoisotopic (exact) mass is 339 g/mol. The van der Waals surface area contributed by atoms with Gasteiger partial charge in [0.25, 0.3) is 5.91 Å². The molecule has 1 aromatic rings. The third-order valence-corrected chi connectivity index (χ3v) is 7.49. The Bertz CT molecular complexity index is 867. The number of rotatable bonds is 0. The number of fused-ring (bicyclic) bond motifs is 7. The standard InChI is InChI=1S/C19H21N3O3/c1-17-13-9-6-10-22(13)19(18(17,2)16(25)21(3)15(17)24)11-7-4-5-8-12(11)20-14(19)23/h4-5,7-8,13H,6,9-10H2,1-3H3,(H,20,23)/t13-,17-,18+,19-/m1/s1. The fourth-order valence-corrected chi connectivity index (χ4v) is 6.30. The van der Waals surface area contributed by atoms with E-state index < -0.39 is 16.4 Å². The van der Waals surface area contributed by atoms with Gasteiger partial charge in [-0.25, -0.2) is 0 Å². The van der Waals surface area contributed by atoms with Gasteiger partial charge in [-0.05, 0) is 39.3 Å². The van der Waals surface area contributed by atoms with Crippen LogP contribution in [0, 0.1) is 10.8 Å². The van der Waals surface area contributed by atoms with Crippen molar-refractivity contribution in [3.63, 3.8) is 0 Å². The number of imide groups is 1. The minimum atomic E-state index is -1.12. The summed E-state index contributed by atoms with van der Waals surface area (Å²) in [6.07, 6.45) is 1.76. The van der Waals surface area contributed by atoms with E-state index >= 15 is 0 Å². The van der Waals surface area contributed by atoms with E-state index in [9.17, 15) is 14.4 Å². The largest absolute Gasteiger partial charge is 0.324 e. The van der Waals surface area contributed by atoms with Gasteiger partial charge in [-0.1, -0.05) is 18.2 Å². The first-order valence-corrected chi connectivity index (χ1v) is 8.83. The first-order valence-electron chi connectivity index (χ1n) is 8.83. The second-order valence-corrected chi connectivity index (χ2v) is 8.06. The zero-order valence-electron chi connectivity index (χ0n) is 14.6. The molecule has 0 radical (unpaired) electrons. The highest BCUT2D eigenvalue weighted by Gasteiger charge is 2.85. The molecule has 0 aromatic heterocycles. The van der Waals surface area contributed by atoms with Crippen LogP contribution in [0.4, 0.5) is 5.69 Å². The molecule has 3 amide bonds. The molecule has 3 saturated heterocycles. The molecule has 4 heterocycles. The number of hydrogen-bond acceptors (Lipinski definition) is 4. The van der Waals surface area contributed by atoms with E-state index in [1.807, 2.05) is 38.1 Å². The van der Waals surface area contributed by atoms with Crippen LogP contribution in [0.3, 0.4) is 0 Å². The lowest BCUT2D eigenvalue weighted by Crippen LogP contribution is -2.59. The fourth-order valence-electron chi connectivity index (χ4n) is 6.30. The average molecular weight is 339 g/mol. The number of hydrogen-bond donors (Lipinski definition) is 1. The van der Waals surface area contributed by atoms with E-state index in [4.69, 9.17) is 0 Å². The van der Waals surface area contributed by atoms with E-state index in [2.05, 4.69) is 10.2 Å². The first kappa shape index (κ1) is 15.1. The molecule has 3 fully saturated rings. The molecule has 130 valence electrons. The quantitative estimate of drug-likeness (QED) is 0.724. The third kappa shape index (κ3) is 1.19. The van der Waals surface area contributed by atoms with E-state index in [1.165, 1.54) is 4.90 Å². The van der Waals surface area contributed by atoms with Crippen LogP contribution in [0.1, 0.15) is 32.3 Å². The van der Waals surface area contributed by atoms with Crippen molar-refractivity contribution in [1.82, 2.24) is 9.80 Å². The third-order valence-electron chi connectivity index (χ3n) is 7.49. The second-order valence-electron chi connectivity index (χ2n) is 8.06. The number of carbonyl (C=O) groups is 3. The number of nitrogens with zero attached hydrogens (tertiary/aromatic N) is 2.